The average molecular weight is 263 g/mol. The second-order valence-corrected chi connectivity index (χ2v) is 6.47. The van der Waals surface area contributed by atoms with Crippen molar-refractivity contribution < 1.29 is 13.2 Å². The van der Waals surface area contributed by atoms with Crippen LogP contribution in [0.3, 0.4) is 0 Å². The van der Waals surface area contributed by atoms with Crippen LogP contribution < -0.4 is 11.1 Å². The molecule has 1 aliphatic rings. The van der Waals surface area contributed by atoms with Crippen molar-refractivity contribution >= 4 is 15.9 Å². The van der Waals surface area contributed by atoms with Gasteiger partial charge >= 0.3 is 0 Å². The van der Waals surface area contributed by atoms with Gasteiger partial charge in [-0.3, -0.25) is 4.79 Å². The van der Waals surface area contributed by atoms with E-state index in [0.717, 1.165) is 12.8 Å². The molecule has 3 N–H and O–H groups in total. The lowest BCUT2D eigenvalue weighted by atomic mass is 9.98. The van der Waals surface area contributed by atoms with Crippen LogP contribution in [0.25, 0.3) is 0 Å². The smallest absolute Gasteiger partial charge is 0.216 e. The van der Waals surface area contributed by atoms with Crippen LogP contribution in [0.1, 0.15) is 19.8 Å². The molecule has 100 valence electrons. The van der Waals surface area contributed by atoms with Gasteiger partial charge in [0.25, 0.3) is 0 Å². The Morgan fingerprint density at radius 2 is 2.00 bits per heavy atom. The molecule has 0 saturated carbocycles. The summed E-state index contributed by atoms with van der Waals surface area (Å²) < 4.78 is 25.0. The van der Waals surface area contributed by atoms with E-state index in [0.29, 0.717) is 25.6 Å². The number of rotatable bonds is 5. The summed E-state index contributed by atoms with van der Waals surface area (Å²) in [6, 6.07) is 0. The van der Waals surface area contributed by atoms with Crippen LogP contribution in [-0.4, -0.2) is 50.6 Å². The average Bonchev–Trinajstić information content (AvgIpc) is 2.27. The summed E-state index contributed by atoms with van der Waals surface area (Å²) in [6.07, 6.45) is 1.59. The predicted octanol–water partition coefficient (Wildman–Crippen LogP) is -0.877. The SMILES string of the molecule is CC(=O)NCC1CCN(S(=O)(=O)CCN)CC1. The van der Waals surface area contributed by atoms with Crippen LogP contribution in [-0.2, 0) is 14.8 Å². The lowest BCUT2D eigenvalue weighted by Gasteiger charge is -2.31. The van der Waals surface area contributed by atoms with Crippen molar-refractivity contribution in [2.75, 3.05) is 31.9 Å². The Kier molecular flexibility index (Phi) is 5.35. The molecule has 0 atom stereocenters. The van der Waals surface area contributed by atoms with Gasteiger partial charge in [0.05, 0.1) is 5.75 Å². The second kappa shape index (κ2) is 6.32. The molecule has 0 spiro atoms. The van der Waals surface area contributed by atoms with Gasteiger partial charge in [0, 0.05) is 33.1 Å². The minimum Gasteiger partial charge on any atom is -0.356 e. The minimum absolute atomic E-state index is 0.0172. The van der Waals surface area contributed by atoms with Crippen molar-refractivity contribution in [1.29, 1.82) is 0 Å². The van der Waals surface area contributed by atoms with E-state index in [2.05, 4.69) is 5.32 Å². The molecule has 1 rings (SSSR count). The highest BCUT2D eigenvalue weighted by molar-refractivity contribution is 7.89. The first-order chi connectivity index (χ1) is 7.95. The molecular weight excluding hydrogens is 242 g/mol. The fourth-order valence-electron chi connectivity index (χ4n) is 1.96. The fourth-order valence-corrected chi connectivity index (χ4v) is 3.28. The zero-order chi connectivity index (χ0) is 12.9. The molecule has 1 saturated heterocycles. The molecule has 0 bridgehead atoms. The number of sulfonamides is 1. The van der Waals surface area contributed by atoms with Crippen LogP contribution in [0.2, 0.25) is 0 Å². The van der Waals surface area contributed by atoms with Crippen molar-refractivity contribution in [1.82, 2.24) is 9.62 Å². The summed E-state index contributed by atoms with van der Waals surface area (Å²) in [7, 11) is -3.17. The third-order valence-electron chi connectivity index (χ3n) is 2.98. The highest BCUT2D eigenvalue weighted by Crippen LogP contribution is 2.18. The summed E-state index contributed by atoms with van der Waals surface area (Å²) in [5.74, 6) is 0.356. The van der Waals surface area contributed by atoms with Crippen molar-refractivity contribution in [2.24, 2.45) is 11.7 Å². The van der Waals surface area contributed by atoms with Gasteiger partial charge in [0.15, 0.2) is 0 Å². The number of hydrogen-bond acceptors (Lipinski definition) is 4. The van der Waals surface area contributed by atoms with Crippen molar-refractivity contribution in [3.05, 3.63) is 0 Å². The van der Waals surface area contributed by atoms with E-state index in [4.69, 9.17) is 5.73 Å². The van der Waals surface area contributed by atoms with Crippen molar-refractivity contribution in [2.45, 2.75) is 19.8 Å². The number of nitrogens with two attached hydrogens (primary N) is 1. The molecule has 7 heteroatoms. The van der Waals surface area contributed by atoms with Crippen LogP contribution in [0.15, 0.2) is 0 Å². The molecular formula is C10H21N3O3S. The van der Waals surface area contributed by atoms with Gasteiger partial charge < -0.3 is 11.1 Å². The Bertz CT molecular complexity index is 348. The number of nitrogens with one attached hydrogen (secondary N) is 1. The van der Waals surface area contributed by atoms with E-state index in [1.165, 1.54) is 11.2 Å². The monoisotopic (exact) mass is 263 g/mol. The first kappa shape index (κ1) is 14.4. The Hall–Kier alpha value is -0.660. The molecule has 1 aliphatic heterocycles. The molecule has 17 heavy (non-hydrogen) atoms. The van der Waals surface area contributed by atoms with Crippen LogP contribution >= 0.6 is 0 Å². The molecule has 0 aromatic rings. The van der Waals surface area contributed by atoms with E-state index in [9.17, 15) is 13.2 Å². The van der Waals surface area contributed by atoms with Gasteiger partial charge in [-0.1, -0.05) is 0 Å². The number of nitrogens with zero attached hydrogens (tertiary/aromatic N) is 1. The number of carbonyl (C=O) groups excluding carboxylic acids is 1. The quantitative estimate of drug-likeness (QED) is 0.674. The third kappa shape index (κ3) is 4.61. The molecule has 0 radical (unpaired) electrons. The summed E-state index contributed by atoms with van der Waals surface area (Å²) in [6.45, 7) is 3.36. The van der Waals surface area contributed by atoms with Gasteiger partial charge in [-0.2, -0.15) is 0 Å². The van der Waals surface area contributed by atoms with Crippen molar-refractivity contribution in [3.8, 4) is 0 Å². The van der Waals surface area contributed by atoms with E-state index in [1.807, 2.05) is 0 Å². The summed E-state index contributed by atoms with van der Waals surface area (Å²) in [5, 5.41) is 2.77. The Morgan fingerprint density at radius 1 is 1.41 bits per heavy atom. The maximum Gasteiger partial charge on any atom is 0.216 e. The van der Waals surface area contributed by atoms with E-state index in [-0.39, 0.29) is 18.2 Å². The molecule has 0 unspecified atom stereocenters. The maximum absolute atomic E-state index is 11.7. The molecule has 0 aliphatic carbocycles. The normalized spacial score (nSPS) is 19.2. The predicted molar refractivity (Wildman–Crippen MR) is 65.8 cm³/mol. The van der Waals surface area contributed by atoms with Crippen LogP contribution in [0, 0.1) is 5.92 Å². The van der Waals surface area contributed by atoms with Crippen molar-refractivity contribution in [3.63, 3.8) is 0 Å². The summed E-state index contributed by atoms with van der Waals surface area (Å²) in [5.41, 5.74) is 5.28. The highest BCUT2D eigenvalue weighted by Gasteiger charge is 2.27. The molecule has 6 nitrogen and oxygen atoms in total. The number of carbonyl (C=O) groups is 1. The standard InChI is InChI=1S/C10H21N3O3S/c1-9(14)12-8-10-2-5-13(6-3-10)17(15,16)7-4-11/h10H,2-8,11H2,1H3,(H,12,14). The lowest BCUT2D eigenvalue weighted by Crippen LogP contribution is -2.43. The first-order valence-electron chi connectivity index (χ1n) is 5.88. The van der Waals surface area contributed by atoms with Gasteiger partial charge in [0.2, 0.25) is 15.9 Å². The van der Waals surface area contributed by atoms with E-state index >= 15 is 0 Å². The number of hydrogen-bond donors (Lipinski definition) is 2. The molecule has 0 aromatic carbocycles. The minimum atomic E-state index is -3.17. The third-order valence-corrected chi connectivity index (χ3v) is 4.89. The molecule has 0 aromatic heterocycles. The Labute approximate surface area is 103 Å². The van der Waals surface area contributed by atoms with Crippen LogP contribution in [0.5, 0.6) is 0 Å². The molecule has 1 heterocycles. The largest absolute Gasteiger partial charge is 0.356 e. The van der Waals surface area contributed by atoms with Gasteiger partial charge in [-0.25, -0.2) is 12.7 Å². The van der Waals surface area contributed by atoms with Crippen LogP contribution in [0.4, 0.5) is 0 Å². The van der Waals surface area contributed by atoms with E-state index < -0.39 is 10.0 Å². The summed E-state index contributed by atoms with van der Waals surface area (Å²) >= 11 is 0. The first-order valence-corrected chi connectivity index (χ1v) is 7.49. The fraction of sp³-hybridized carbons (Fsp3) is 0.900. The summed E-state index contributed by atoms with van der Waals surface area (Å²) in [4.78, 5) is 10.8. The second-order valence-electron chi connectivity index (χ2n) is 4.38. The van der Waals surface area contributed by atoms with Gasteiger partial charge in [-0.15, -0.1) is 0 Å². The van der Waals surface area contributed by atoms with Gasteiger partial charge in [0.1, 0.15) is 0 Å². The Balaban J connectivity index is 2.38. The highest BCUT2D eigenvalue weighted by atomic mass is 32.2. The topological polar surface area (TPSA) is 92.5 Å². The lowest BCUT2D eigenvalue weighted by molar-refractivity contribution is -0.119. The zero-order valence-corrected chi connectivity index (χ0v) is 11.0. The van der Waals surface area contributed by atoms with Gasteiger partial charge in [-0.05, 0) is 18.8 Å². The maximum atomic E-state index is 11.7. The van der Waals surface area contributed by atoms with E-state index in [1.54, 1.807) is 0 Å². The zero-order valence-electron chi connectivity index (χ0n) is 10.2. The number of piperidine rings is 1. The molecule has 1 fully saturated rings. The molecule has 1 amide bonds. The Morgan fingerprint density at radius 3 is 2.47 bits per heavy atom. The number of amides is 1.